The number of methoxy groups -OCH3 is 1. The number of ketones is 1. The lowest BCUT2D eigenvalue weighted by Crippen LogP contribution is -2.24. The lowest BCUT2D eigenvalue weighted by molar-refractivity contribution is -0.138. The summed E-state index contributed by atoms with van der Waals surface area (Å²) in [6.07, 6.45) is 2.39. The van der Waals surface area contributed by atoms with Gasteiger partial charge in [-0.1, -0.05) is 30.3 Å². The number of nitrogens with one attached hydrogen (secondary N) is 1. The van der Waals surface area contributed by atoms with Crippen LogP contribution in [0.3, 0.4) is 0 Å². The van der Waals surface area contributed by atoms with Crippen LogP contribution in [0.1, 0.15) is 27.2 Å². The van der Waals surface area contributed by atoms with Crippen molar-refractivity contribution in [2.24, 2.45) is 5.73 Å². The maximum Gasteiger partial charge on any atom is 0.325 e. The van der Waals surface area contributed by atoms with Crippen molar-refractivity contribution < 1.29 is 19.1 Å². The van der Waals surface area contributed by atoms with Crippen molar-refractivity contribution >= 4 is 28.9 Å². The zero-order valence-electron chi connectivity index (χ0n) is 15.7. The summed E-state index contributed by atoms with van der Waals surface area (Å²) in [6, 6.07) is 13.4. The number of carbonyl (C=O) groups excluding carboxylic acids is 3. The number of pyridine rings is 1. The predicted molar refractivity (Wildman–Crippen MR) is 105 cm³/mol. The number of fused-ring (bicyclic) bond motifs is 1. The number of hydrogen-bond donors (Lipinski definition) is 2. The SMILES string of the molecule is COC(=O)CNc1cccn2c(Cc3ccccc3)c(C)c(C(=O)C(N)=O)c12. The van der Waals surface area contributed by atoms with Crippen molar-refractivity contribution in [2.75, 3.05) is 19.0 Å². The molecular weight excluding hydrogens is 358 g/mol. The number of benzene rings is 1. The molecule has 0 spiro atoms. The van der Waals surface area contributed by atoms with Crippen molar-refractivity contribution in [1.82, 2.24) is 4.40 Å². The van der Waals surface area contributed by atoms with Crippen LogP contribution in [0.15, 0.2) is 48.7 Å². The molecule has 0 aliphatic carbocycles. The van der Waals surface area contributed by atoms with Gasteiger partial charge in [-0.2, -0.15) is 0 Å². The Morgan fingerprint density at radius 2 is 1.82 bits per heavy atom. The molecule has 2 aromatic heterocycles. The van der Waals surface area contributed by atoms with Gasteiger partial charge in [-0.25, -0.2) is 0 Å². The number of primary amides is 1. The molecule has 7 nitrogen and oxygen atoms in total. The molecule has 0 bridgehead atoms. The minimum atomic E-state index is -1.02. The number of esters is 1. The summed E-state index contributed by atoms with van der Waals surface area (Å²) in [4.78, 5) is 35.8. The Kier molecular flexibility index (Phi) is 5.44. The average molecular weight is 379 g/mol. The monoisotopic (exact) mass is 379 g/mol. The van der Waals surface area contributed by atoms with Gasteiger partial charge in [0.25, 0.3) is 11.7 Å². The molecule has 0 radical (unpaired) electrons. The molecule has 0 aliphatic heterocycles. The summed E-state index contributed by atoms with van der Waals surface area (Å²) in [5.74, 6) is -2.23. The van der Waals surface area contributed by atoms with Crippen LogP contribution in [0, 0.1) is 6.92 Å². The number of rotatable bonds is 7. The fourth-order valence-electron chi connectivity index (χ4n) is 3.28. The third-order valence-corrected chi connectivity index (χ3v) is 4.65. The summed E-state index contributed by atoms with van der Waals surface area (Å²) in [7, 11) is 1.30. The molecule has 144 valence electrons. The van der Waals surface area contributed by atoms with E-state index in [-0.39, 0.29) is 12.1 Å². The number of amides is 1. The predicted octanol–water partition coefficient (Wildman–Crippen LogP) is 2.09. The first-order valence-electron chi connectivity index (χ1n) is 8.75. The van der Waals surface area contributed by atoms with Gasteiger partial charge < -0.3 is 20.2 Å². The summed E-state index contributed by atoms with van der Waals surface area (Å²) >= 11 is 0. The maximum absolute atomic E-state index is 12.6. The van der Waals surface area contributed by atoms with E-state index in [1.165, 1.54) is 7.11 Å². The largest absolute Gasteiger partial charge is 0.468 e. The number of ether oxygens (including phenoxy) is 1. The van der Waals surface area contributed by atoms with E-state index in [4.69, 9.17) is 5.73 Å². The van der Waals surface area contributed by atoms with Gasteiger partial charge in [-0.15, -0.1) is 0 Å². The first kappa shape index (κ1) is 19.2. The topological polar surface area (TPSA) is 103 Å². The zero-order chi connectivity index (χ0) is 20.3. The highest BCUT2D eigenvalue weighted by Gasteiger charge is 2.26. The molecule has 1 amide bonds. The van der Waals surface area contributed by atoms with Crippen LogP contribution in [-0.2, 0) is 20.7 Å². The number of carbonyl (C=O) groups is 3. The molecule has 28 heavy (non-hydrogen) atoms. The number of aromatic nitrogens is 1. The Bertz CT molecular complexity index is 1050. The van der Waals surface area contributed by atoms with Crippen LogP contribution in [0.4, 0.5) is 5.69 Å². The fraction of sp³-hybridized carbons (Fsp3) is 0.190. The molecule has 0 aliphatic rings. The fourth-order valence-corrected chi connectivity index (χ4v) is 3.28. The highest BCUT2D eigenvalue weighted by atomic mass is 16.5. The minimum absolute atomic E-state index is 0.0708. The van der Waals surface area contributed by atoms with Crippen molar-refractivity contribution in [2.45, 2.75) is 13.3 Å². The highest BCUT2D eigenvalue weighted by Crippen LogP contribution is 2.31. The van der Waals surface area contributed by atoms with Gasteiger partial charge in [0.1, 0.15) is 6.54 Å². The molecule has 0 fully saturated rings. The molecule has 3 N–H and O–H groups in total. The number of Topliss-reactive ketones (excluding diaryl/α,β-unsaturated/α-hetero) is 1. The molecule has 7 heteroatoms. The van der Waals surface area contributed by atoms with E-state index in [1.54, 1.807) is 19.1 Å². The van der Waals surface area contributed by atoms with Gasteiger partial charge in [0, 0.05) is 18.3 Å². The number of hydrogen-bond acceptors (Lipinski definition) is 5. The molecule has 1 aromatic carbocycles. The van der Waals surface area contributed by atoms with Gasteiger partial charge in [0.05, 0.1) is 23.9 Å². The Morgan fingerprint density at radius 1 is 1.11 bits per heavy atom. The summed E-state index contributed by atoms with van der Waals surface area (Å²) < 4.78 is 6.52. The molecule has 0 saturated carbocycles. The Labute approximate surface area is 162 Å². The smallest absolute Gasteiger partial charge is 0.325 e. The molecule has 0 saturated heterocycles. The second-order valence-corrected chi connectivity index (χ2v) is 6.37. The van der Waals surface area contributed by atoms with Crippen LogP contribution in [0.5, 0.6) is 0 Å². The number of anilines is 1. The lowest BCUT2D eigenvalue weighted by Gasteiger charge is -2.10. The summed E-state index contributed by atoms with van der Waals surface area (Å²) in [5, 5.41) is 2.98. The van der Waals surface area contributed by atoms with Crippen LogP contribution < -0.4 is 11.1 Å². The van der Waals surface area contributed by atoms with E-state index < -0.39 is 17.7 Å². The van der Waals surface area contributed by atoms with Crippen molar-refractivity contribution in [1.29, 1.82) is 0 Å². The van der Waals surface area contributed by atoms with Crippen molar-refractivity contribution in [3.63, 3.8) is 0 Å². The van der Waals surface area contributed by atoms with Crippen LogP contribution in [0.25, 0.3) is 5.52 Å². The van der Waals surface area contributed by atoms with Crippen molar-refractivity contribution in [3.05, 3.63) is 71.0 Å². The Morgan fingerprint density at radius 3 is 2.46 bits per heavy atom. The summed E-state index contributed by atoms with van der Waals surface area (Å²) in [6.45, 7) is 1.73. The van der Waals surface area contributed by atoms with E-state index in [1.807, 2.05) is 40.9 Å². The number of nitrogens with two attached hydrogens (primary N) is 1. The third kappa shape index (κ3) is 3.59. The first-order valence-corrected chi connectivity index (χ1v) is 8.75. The Balaban J connectivity index is 2.19. The standard InChI is InChI=1S/C21H21N3O4/c1-13-16(11-14-7-4-3-5-8-14)24-10-6-9-15(23-12-17(25)28-2)19(24)18(13)20(26)21(22)27/h3-10,23H,11-12H2,1-2H3,(H2,22,27). The van der Waals surface area contributed by atoms with Gasteiger partial charge in [-0.3, -0.25) is 14.4 Å². The van der Waals surface area contributed by atoms with E-state index in [0.717, 1.165) is 11.3 Å². The average Bonchev–Trinajstić information content (AvgIpc) is 2.98. The normalized spacial score (nSPS) is 10.6. The Hall–Kier alpha value is -3.61. The molecule has 0 unspecified atom stereocenters. The van der Waals surface area contributed by atoms with E-state index in [2.05, 4.69) is 10.1 Å². The molecule has 3 rings (SSSR count). The summed E-state index contributed by atoms with van der Waals surface area (Å²) in [5.41, 5.74) is 9.20. The van der Waals surface area contributed by atoms with Gasteiger partial charge in [-0.05, 0) is 30.2 Å². The quantitative estimate of drug-likeness (QED) is 0.372. The van der Waals surface area contributed by atoms with Gasteiger partial charge in [0.2, 0.25) is 0 Å². The lowest BCUT2D eigenvalue weighted by atomic mass is 10.0. The number of nitrogens with zero attached hydrogens (tertiary/aromatic N) is 1. The second kappa shape index (κ2) is 7.96. The zero-order valence-corrected chi connectivity index (χ0v) is 15.7. The van der Waals surface area contributed by atoms with Crippen LogP contribution >= 0.6 is 0 Å². The van der Waals surface area contributed by atoms with Crippen LogP contribution in [-0.4, -0.2) is 35.7 Å². The maximum atomic E-state index is 12.6. The minimum Gasteiger partial charge on any atom is -0.468 e. The van der Waals surface area contributed by atoms with Crippen LogP contribution in [0.2, 0.25) is 0 Å². The second-order valence-electron chi connectivity index (χ2n) is 6.37. The van der Waals surface area contributed by atoms with E-state index in [9.17, 15) is 14.4 Å². The van der Waals surface area contributed by atoms with Gasteiger partial charge in [0.15, 0.2) is 0 Å². The van der Waals surface area contributed by atoms with E-state index in [0.29, 0.717) is 23.2 Å². The first-order chi connectivity index (χ1) is 13.4. The van der Waals surface area contributed by atoms with Gasteiger partial charge >= 0.3 is 5.97 Å². The highest BCUT2D eigenvalue weighted by molar-refractivity contribution is 6.44. The van der Waals surface area contributed by atoms with E-state index >= 15 is 0 Å². The third-order valence-electron chi connectivity index (χ3n) is 4.65. The molecule has 2 heterocycles. The van der Waals surface area contributed by atoms with Crippen molar-refractivity contribution in [3.8, 4) is 0 Å². The molecule has 0 atom stereocenters. The molecule has 3 aromatic rings. The molecular formula is C21H21N3O4.